The molecule has 4 rings (SSSR count). The van der Waals surface area contributed by atoms with Gasteiger partial charge in [-0.3, -0.25) is 9.55 Å². The number of benzene rings is 2. The first-order valence-electron chi connectivity index (χ1n) is 8.87. The highest BCUT2D eigenvalue weighted by Crippen LogP contribution is 2.35. The van der Waals surface area contributed by atoms with E-state index in [4.69, 9.17) is 16.3 Å². The van der Waals surface area contributed by atoms with Crippen molar-refractivity contribution in [1.82, 2.24) is 9.55 Å². The van der Waals surface area contributed by atoms with Crippen molar-refractivity contribution in [2.75, 3.05) is 0 Å². The van der Waals surface area contributed by atoms with Gasteiger partial charge in [-0.25, -0.2) is 9.59 Å². The number of aromatic carboxylic acids is 1. The van der Waals surface area contributed by atoms with Crippen molar-refractivity contribution in [1.29, 1.82) is 0 Å². The Morgan fingerprint density at radius 1 is 1.10 bits per heavy atom. The molecule has 2 heterocycles. The summed E-state index contributed by atoms with van der Waals surface area (Å²) in [5.41, 5.74) is 2.38. The second-order valence-electron chi connectivity index (χ2n) is 6.52. The van der Waals surface area contributed by atoms with Gasteiger partial charge in [-0.15, -0.1) is 0 Å². The first-order valence-corrected chi connectivity index (χ1v) is 9.25. The minimum absolute atomic E-state index is 0.109. The number of carboxylic acids is 1. The molecule has 2 aromatic carbocycles. The Labute approximate surface area is 175 Å². The summed E-state index contributed by atoms with van der Waals surface area (Å²) >= 11 is 6.39. The number of ether oxygens (including phenoxy) is 1. The Morgan fingerprint density at radius 3 is 2.50 bits per heavy atom. The zero-order valence-corrected chi connectivity index (χ0v) is 16.2. The predicted molar refractivity (Wildman–Crippen MR) is 111 cm³/mol. The summed E-state index contributed by atoms with van der Waals surface area (Å²) in [6.45, 7) is 0.380. The minimum Gasteiger partial charge on any atom is -0.489 e. The number of hydrogen-bond acceptors (Lipinski definition) is 4. The summed E-state index contributed by atoms with van der Waals surface area (Å²) in [7, 11) is 0. The maximum Gasteiger partial charge on any atom is 0.416 e. The van der Waals surface area contributed by atoms with Crippen LogP contribution in [-0.2, 0) is 6.61 Å². The van der Waals surface area contributed by atoms with Crippen molar-refractivity contribution in [2.45, 2.75) is 6.61 Å². The van der Waals surface area contributed by atoms with Crippen molar-refractivity contribution in [3.63, 3.8) is 0 Å². The van der Waals surface area contributed by atoms with Crippen LogP contribution < -0.4 is 4.74 Å². The van der Waals surface area contributed by atoms with E-state index in [-0.39, 0.29) is 11.1 Å². The number of fused-ring (bicyclic) bond motifs is 1. The Kier molecular flexibility index (Phi) is 5.12. The Hall–Kier alpha value is -3.84. The molecule has 0 amide bonds. The van der Waals surface area contributed by atoms with Gasteiger partial charge in [0.15, 0.2) is 0 Å². The molecule has 0 bridgehead atoms. The van der Waals surface area contributed by atoms with Crippen molar-refractivity contribution in [2.24, 2.45) is 0 Å². The molecule has 0 radical (unpaired) electrons. The maximum absolute atomic E-state index is 11.6. The standard InChI is InChI=1S/C22H15ClN2O5/c23-19-9-20-17(18(21(26)27)11-25(20)22(28)29)8-16(19)14-3-5-15(6-4-14)30-12-13-2-1-7-24-10-13/h1-11H,12H2,(H,26,27)(H,28,29). The van der Waals surface area contributed by atoms with Crippen LogP contribution >= 0.6 is 11.6 Å². The molecule has 0 unspecified atom stereocenters. The SMILES string of the molecule is O=C(O)c1cn(C(=O)O)c2cc(Cl)c(-c3ccc(OCc4cccnc4)cc3)cc12. The molecule has 0 fully saturated rings. The molecule has 8 heteroatoms. The Morgan fingerprint density at radius 2 is 1.87 bits per heavy atom. The number of rotatable bonds is 5. The van der Waals surface area contributed by atoms with Gasteiger partial charge in [0.05, 0.1) is 16.1 Å². The van der Waals surface area contributed by atoms with Crippen molar-refractivity contribution < 1.29 is 24.5 Å². The normalized spacial score (nSPS) is 10.8. The molecular weight excluding hydrogens is 408 g/mol. The average Bonchev–Trinajstić information content (AvgIpc) is 3.12. The summed E-state index contributed by atoms with van der Waals surface area (Å²) in [5, 5.41) is 19.4. The molecule has 30 heavy (non-hydrogen) atoms. The molecule has 2 N–H and O–H groups in total. The zero-order valence-electron chi connectivity index (χ0n) is 15.4. The lowest BCUT2D eigenvalue weighted by Crippen LogP contribution is -2.06. The third-order valence-electron chi connectivity index (χ3n) is 4.62. The van der Waals surface area contributed by atoms with Crippen LogP contribution in [0.25, 0.3) is 22.0 Å². The highest BCUT2D eigenvalue weighted by molar-refractivity contribution is 6.34. The van der Waals surface area contributed by atoms with E-state index in [1.807, 2.05) is 12.1 Å². The van der Waals surface area contributed by atoms with Gasteiger partial charge in [0.25, 0.3) is 0 Å². The van der Waals surface area contributed by atoms with Gasteiger partial charge in [0.2, 0.25) is 0 Å². The summed E-state index contributed by atoms with van der Waals surface area (Å²) < 4.78 is 6.60. The molecule has 2 aromatic heterocycles. The summed E-state index contributed by atoms with van der Waals surface area (Å²) in [6.07, 6.45) is 3.21. The van der Waals surface area contributed by atoms with E-state index < -0.39 is 12.1 Å². The van der Waals surface area contributed by atoms with Gasteiger partial charge in [0, 0.05) is 35.1 Å². The highest BCUT2D eigenvalue weighted by Gasteiger charge is 2.19. The van der Waals surface area contributed by atoms with E-state index in [9.17, 15) is 19.8 Å². The Bertz CT molecular complexity index is 1250. The fourth-order valence-electron chi connectivity index (χ4n) is 3.18. The number of carbonyl (C=O) groups is 2. The highest BCUT2D eigenvalue weighted by atomic mass is 35.5. The van der Waals surface area contributed by atoms with Gasteiger partial charge >= 0.3 is 12.1 Å². The van der Waals surface area contributed by atoms with E-state index in [0.29, 0.717) is 28.3 Å². The lowest BCUT2D eigenvalue weighted by Gasteiger charge is -2.09. The first-order chi connectivity index (χ1) is 14.4. The van der Waals surface area contributed by atoms with Crippen molar-refractivity contribution in [3.05, 3.63) is 83.3 Å². The average molecular weight is 423 g/mol. The second-order valence-corrected chi connectivity index (χ2v) is 6.93. The van der Waals surface area contributed by atoms with E-state index in [2.05, 4.69) is 4.98 Å². The molecule has 0 aliphatic rings. The predicted octanol–water partition coefficient (Wildman–Crippen LogP) is 5.16. The van der Waals surface area contributed by atoms with Gasteiger partial charge < -0.3 is 14.9 Å². The topological polar surface area (TPSA) is 102 Å². The minimum atomic E-state index is -1.29. The molecule has 4 aromatic rings. The largest absolute Gasteiger partial charge is 0.489 e. The second kappa shape index (κ2) is 7.88. The van der Waals surface area contributed by atoms with Crippen LogP contribution in [0.15, 0.2) is 67.1 Å². The summed E-state index contributed by atoms with van der Waals surface area (Å²) in [6, 6.07) is 14.0. The molecule has 0 saturated carbocycles. The van der Waals surface area contributed by atoms with Crippen molar-refractivity contribution >= 4 is 34.6 Å². The van der Waals surface area contributed by atoms with Crippen molar-refractivity contribution in [3.8, 4) is 16.9 Å². The zero-order chi connectivity index (χ0) is 21.3. The van der Waals surface area contributed by atoms with Gasteiger partial charge in [-0.2, -0.15) is 0 Å². The Balaban J connectivity index is 1.67. The molecule has 0 spiro atoms. The fraction of sp³-hybridized carbons (Fsp3) is 0.0455. The number of aromatic nitrogens is 2. The molecule has 0 saturated heterocycles. The van der Waals surface area contributed by atoms with Gasteiger partial charge in [-0.05, 0) is 35.9 Å². The molecule has 0 atom stereocenters. The molecule has 0 aliphatic carbocycles. The summed E-state index contributed by atoms with van der Waals surface area (Å²) in [4.78, 5) is 27.0. The molecule has 7 nitrogen and oxygen atoms in total. The maximum atomic E-state index is 11.6. The number of hydrogen-bond donors (Lipinski definition) is 2. The molecular formula is C22H15ClN2O5. The fourth-order valence-corrected chi connectivity index (χ4v) is 3.44. The van der Waals surface area contributed by atoms with E-state index in [0.717, 1.165) is 21.9 Å². The number of halogens is 1. The lowest BCUT2D eigenvalue weighted by molar-refractivity contribution is 0.0699. The first kappa shape index (κ1) is 19.5. The van der Waals surface area contributed by atoms with Gasteiger partial charge in [-0.1, -0.05) is 29.8 Å². The van der Waals surface area contributed by atoms with Gasteiger partial charge in [0.1, 0.15) is 12.4 Å². The summed E-state index contributed by atoms with van der Waals surface area (Å²) in [5.74, 6) is -0.560. The molecule has 150 valence electrons. The van der Waals surface area contributed by atoms with Crippen LogP contribution in [-0.4, -0.2) is 31.8 Å². The van der Waals surface area contributed by atoms with E-state index >= 15 is 0 Å². The van der Waals surface area contributed by atoms with Crippen LogP contribution in [0, 0.1) is 0 Å². The van der Waals surface area contributed by atoms with Crippen LogP contribution in [0.5, 0.6) is 5.75 Å². The molecule has 0 aliphatic heterocycles. The van der Waals surface area contributed by atoms with Crippen LogP contribution in [0.3, 0.4) is 0 Å². The monoisotopic (exact) mass is 422 g/mol. The lowest BCUT2D eigenvalue weighted by atomic mass is 10.0. The van der Waals surface area contributed by atoms with E-state index in [1.54, 1.807) is 42.7 Å². The number of nitrogens with zero attached hydrogens (tertiary/aromatic N) is 2. The third kappa shape index (κ3) is 3.70. The van der Waals surface area contributed by atoms with Crippen LogP contribution in [0.1, 0.15) is 15.9 Å². The number of carboxylic acid groups (broad SMARTS) is 2. The van der Waals surface area contributed by atoms with E-state index in [1.165, 1.54) is 6.07 Å². The quantitative estimate of drug-likeness (QED) is 0.460. The third-order valence-corrected chi connectivity index (χ3v) is 4.94. The number of pyridine rings is 1. The van der Waals surface area contributed by atoms with Crippen LogP contribution in [0.4, 0.5) is 4.79 Å². The van der Waals surface area contributed by atoms with Crippen LogP contribution in [0.2, 0.25) is 5.02 Å². The smallest absolute Gasteiger partial charge is 0.416 e.